The van der Waals surface area contributed by atoms with Crippen molar-refractivity contribution < 1.29 is 19.8 Å². The Morgan fingerprint density at radius 2 is 1.96 bits per heavy atom. The molecule has 0 heterocycles. The standard InChI is InChI=1S/C15H22N6O5/c1-10(11-6-3-2-4-7-11)13(22)18-12(14(23)20-24)8-5-9-17-15(16)19-21(25)26/h2-4,6-7,10,12,24H,5,8-9H2,1H3,(H,18,22)(H,20,23)(H3,16,17,19)/t10?,12-/m0/s1. The second-order valence-corrected chi connectivity index (χ2v) is 5.45. The zero-order valence-electron chi connectivity index (χ0n) is 14.2. The van der Waals surface area contributed by atoms with E-state index in [1.165, 1.54) is 5.48 Å². The Labute approximate surface area is 149 Å². The molecule has 1 unspecified atom stereocenters. The number of nitrogens with one attached hydrogen (secondary N) is 3. The summed E-state index contributed by atoms with van der Waals surface area (Å²) >= 11 is 0. The SMILES string of the molecule is CC(C(=O)N[C@@H](CCCN=C(N)N[N+](=O)[O-])C(=O)NO)c1ccccc1. The number of nitro groups is 1. The summed E-state index contributed by atoms with van der Waals surface area (Å²) in [5.74, 6) is -1.98. The molecule has 142 valence electrons. The molecular formula is C15H22N6O5. The van der Waals surface area contributed by atoms with Crippen LogP contribution in [0.15, 0.2) is 35.3 Å². The van der Waals surface area contributed by atoms with Crippen molar-refractivity contribution >= 4 is 17.8 Å². The maximum absolute atomic E-state index is 12.3. The van der Waals surface area contributed by atoms with Gasteiger partial charge in [-0.2, -0.15) is 0 Å². The summed E-state index contributed by atoms with van der Waals surface area (Å²) in [6, 6.07) is 8.06. The maximum Gasteiger partial charge on any atom is 0.265 e. The molecule has 0 spiro atoms. The number of nitrogens with two attached hydrogens (primary N) is 1. The molecule has 0 aliphatic heterocycles. The number of carbonyl (C=O) groups is 2. The van der Waals surface area contributed by atoms with E-state index in [0.717, 1.165) is 5.56 Å². The summed E-state index contributed by atoms with van der Waals surface area (Å²) in [5, 5.41) is 20.8. The minimum Gasteiger partial charge on any atom is -0.365 e. The van der Waals surface area contributed by atoms with Crippen molar-refractivity contribution in [1.82, 2.24) is 16.2 Å². The van der Waals surface area contributed by atoms with Crippen molar-refractivity contribution in [2.75, 3.05) is 6.54 Å². The van der Waals surface area contributed by atoms with Gasteiger partial charge in [0.15, 0.2) is 5.03 Å². The van der Waals surface area contributed by atoms with Crippen LogP contribution in [-0.2, 0) is 9.59 Å². The predicted molar refractivity (Wildman–Crippen MR) is 92.6 cm³/mol. The number of hydrogen-bond donors (Lipinski definition) is 5. The van der Waals surface area contributed by atoms with Gasteiger partial charge in [-0.1, -0.05) is 35.8 Å². The molecule has 0 fully saturated rings. The van der Waals surface area contributed by atoms with Gasteiger partial charge in [0.1, 0.15) is 6.04 Å². The average molecular weight is 366 g/mol. The Balaban J connectivity index is 2.60. The van der Waals surface area contributed by atoms with Crippen LogP contribution in [-0.4, -0.2) is 40.6 Å². The van der Waals surface area contributed by atoms with Gasteiger partial charge in [0.25, 0.3) is 11.9 Å². The van der Waals surface area contributed by atoms with Crippen LogP contribution in [0.5, 0.6) is 0 Å². The summed E-state index contributed by atoms with van der Waals surface area (Å²) in [4.78, 5) is 38.0. The monoisotopic (exact) mass is 366 g/mol. The number of carbonyl (C=O) groups excluding carboxylic acids is 2. The number of nitrogens with zero attached hydrogens (tertiary/aromatic N) is 2. The van der Waals surface area contributed by atoms with Crippen molar-refractivity contribution in [1.29, 1.82) is 0 Å². The third-order valence-corrected chi connectivity index (χ3v) is 3.57. The summed E-state index contributed by atoms with van der Waals surface area (Å²) in [7, 11) is 0. The largest absolute Gasteiger partial charge is 0.365 e. The van der Waals surface area contributed by atoms with E-state index in [1.54, 1.807) is 36.6 Å². The first kappa shape index (κ1) is 20.8. The Morgan fingerprint density at radius 3 is 2.54 bits per heavy atom. The second kappa shape index (κ2) is 10.6. The van der Waals surface area contributed by atoms with Gasteiger partial charge in [-0.05, 0) is 25.3 Å². The van der Waals surface area contributed by atoms with Gasteiger partial charge in [-0.25, -0.2) is 20.6 Å². The molecule has 2 atom stereocenters. The van der Waals surface area contributed by atoms with E-state index in [4.69, 9.17) is 10.9 Å². The van der Waals surface area contributed by atoms with Crippen LogP contribution in [0, 0.1) is 10.1 Å². The smallest absolute Gasteiger partial charge is 0.265 e. The molecule has 0 saturated carbocycles. The number of aliphatic imine (C=N–C) groups is 1. The number of hydrazine groups is 1. The minimum atomic E-state index is -0.974. The molecule has 0 radical (unpaired) electrons. The van der Waals surface area contributed by atoms with Gasteiger partial charge in [0.2, 0.25) is 5.91 Å². The highest BCUT2D eigenvalue weighted by Crippen LogP contribution is 2.15. The lowest BCUT2D eigenvalue weighted by Gasteiger charge is -2.19. The quantitative estimate of drug-likeness (QED) is 0.0992. The van der Waals surface area contributed by atoms with Gasteiger partial charge in [0.05, 0.1) is 5.92 Å². The van der Waals surface area contributed by atoms with Gasteiger partial charge < -0.3 is 11.1 Å². The Hall–Kier alpha value is -3.21. The molecule has 26 heavy (non-hydrogen) atoms. The molecule has 1 rings (SSSR count). The average Bonchev–Trinajstić information content (AvgIpc) is 2.62. The van der Waals surface area contributed by atoms with Gasteiger partial charge >= 0.3 is 0 Å². The molecule has 11 nitrogen and oxygen atoms in total. The molecule has 0 aliphatic rings. The Morgan fingerprint density at radius 1 is 1.31 bits per heavy atom. The number of guanidine groups is 1. The van der Waals surface area contributed by atoms with E-state index in [2.05, 4.69) is 10.3 Å². The zero-order valence-corrected chi connectivity index (χ0v) is 14.2. The number of amides is 2. The molecule has 0 bridgehead atoms. The predicted octanol–water partition coefficient (Wildman–Crippen LogP) is -0.343. The van der Waals surface area contributed by atoms with E-state index in [0.29, 0.717) is 6.42 Å². The van der Waals surface area contributed by atoms with Crippen molar-refractivity contribution in [2.45, 2.75) is 31.7 Å². The van der Waals surface area contributed by atoms with E-state index >= 15 is 0 Å². The first-order valence-corrected chi connectivity index (χ1v) is 7.85. The molecule has 1 aromatic rings. The summed E-state index contributed by atoms with van der Waals surface area (Å²) in [6.45, 7) is 1.80. The zero-order chi connectivity index (χ0) is 19.5. The second-order valence-electron chi connectivity index (χ2n) is 5.45. The molecule has 0 saturated heterocycles. The van der Waals surface area contributed by atoms with Gasteiger partial charge in [0, 0.05) is 6.54 Å². The number of hydrogen-bond acceptors (Lipinski definition) is 6. The highest BCUT2D eigenvalue weighted by molar-refractivity contribution is 5.89. The first-order chi connectivity index (χ1) is 12.3. The lowest BCUT2D eigenvalue weighted by Crippen LogP contribution is -2.47. The minimum absolute atomic E-state index is 0.103. The van der Waals surface area contributed by atoms with Crippen LogP contribution in [0.25, 0.3) is 0 Å². The van der Waals surface area contributed by atoms with Crippen LogP contribution in [0.2, 0.25) is 0 Å². The normalized spacial score (nSPS) is 13.4. The third-order valence-electron chi connectivity index (χ3n) is 3.57. The van der Waals surface area contributed by atoms with Crippen LogP contribution in [0.4, 0.5) is 0 Å². The third kappa shape index (κ3) is 7.13. The van der Waals surface area contributed by atoms with E-state index in [1.807, 2.05) is 6.07 Å². The van der Waals surface area contributed by atoms with Crippen molar-refractivity contribution in [2.24, 2.45) is 10.7 Å². The molecule has 0 aliphatic carbocycles. The van der Waals surface area contributed by atoms with E-state index < -0.39 is 22.9 Å². The van der Waals surface area contributed by atoms with Crippen molar-refractivity contribution in [3.63, 3.8) is 0 Å². The lowest BCUT2D eigenvalue weighted by atomic mass is 9.99. The van der Waals surface area contributed by atoms with Crippen molar-refractivity contribution in [3.05, 3.63) is 46.0 Å². The van der Waals surface area contributed by atoms with Crippen LogP contribution < -0.4 is 22.0 Å². The van der Waals surface area contributed by atoms with E-state index in [9.17, 15) is 19.7 Å². The molecule has 6 N–H and O–H groups in total. The van der Waals surface area contributed by atoms with Crippen molar-refractivity contribution in [3.8, 4) is 0 Å². The summed E-state index contributed by atoms with van der Waals surface area (Å²) in [5.41, 5.74) is 9.26. The topological polar surface area (TPSA) is 172 Å². The fourth-order valence-electron chi connectivity index (χ4n) is 2.16. The summed E-state index contributed by atoms with van der Waals surface area (Å²) in [6.07, 6.45) is 0.465. The number of rotatable bonds is 9. The Kier molecular flexibility index (Phi) is 8.50. The Bertz CT molecular complexity index is 651. The van der Waals surface area contributed by atoms with E-state index in [-0.39, 0.29) is 24.8 Å². The number of hydroxylamine groups is 1. The lowest BCUT2D eigenvalue weighted by molar-refractivity contribution is -0.525. The summed E-state index contributed by atoms with van der Waals surface area (Å²) < 4.78 is 0. The van der Waals surface area contributed by atoms with Gasteiger partial charge in [-0.3, -0.25) is 14.8 Å². The van der Waals surface area contributed by atoms with Crippen LogP contribution in [0.1, 0.15) is 31.2 Å². The molecule has 0 aromatic heterocycles. The highest BCUT2D eigenvalue weighted by atomic mass is 16.7. The highest BCUT2D eigenvalue weighted by Gasteiger charge is 2.23. The fraction of sp³-hybridized carbons (Fsp3) is 0.400. The van der Waals surface area contributed by atoms with Crippen LogP contribution >= 0.6 is 0 Å². The fourth-order valence-corrected chi connectivity index (χ4v) is 2.16. The maximum atomic E-state index is 12.3. The molecule has 11 heteroatoms. The molecular weight excluding hydrogens is 344 g/mol. The van der Waals surface area contributed by atoms with Gasteiger partial charge in [-0.15, -0.1) is 0 Å². The van der Waals surface area contributed by atoms with Crippen LogP contribution in [0.3, 0.4) is 0 Å². The first-order valence-electron chi connectivity index (χ1n) is 7.85. The molecule has 2 amide bonds. The molecule has 1 aromatic carbocycles. The number of benzene rings is 1.